The van der Waals surface area contributed by atoms with Gasteiger partial charge in [0.1, 0.15) is 0 Å². The van der Waals surface area contributed by atoms with Gasteiger partial charge in [0.05, 0.1) is 19.3 Å². The molecule has 1 rings (SSSR count). The number of aromatic nitrogens is 2. The second-order valence-corrected chi connectivity index (χ2v) is 12.7. The first-order chi connectivity index (χ1) is 8.43. The van der Waals surface area contributed by atoms with Crippen LogP contribution in [0.25, 0.3) is 0 Å². The van der Waals surface area contributed by atoms with Gasteiger partial charge < -0.3 is 4.43 Å². The number of hydrogen-bond donors (Lipinski definition) is 0. The molecule has 0 fully saturated rings. The van der Waals surface area contributed by atoms with Crippen LogP contribution in [-0.4, -0.2) is 24.7 Å². The molecule has 0 spiro atoms. The average molecular weight is 283 g/mol. The third-order valence-corrected chi connectivity index (χ3v) is 8.63. The summed E-state index contributed by atoms with van der Waals surface area (Å²) in [6.07, 6.45) is 4.10. The van der Waals surface area contributed by atoms with Crippen LogP contribution in [0.4, 0.5) is 0 Å². The van der Waals surface area contributed by atoms with E-state index in [1.54, 1.807) is 0 Å². The Labute approximate surface area is 119 Å². The maximum absolute atomic E-state index is 6.17. The fraction of sp³-hybridized carbons (Fsp3) is 0.800. The Morgan fingerprint density at radius 2 is 1.74 bits per heavy atom. The average Bonchev–Trinajstić information content (AvgIpc) is 2.63. The van der Waals surface area contributed by atoms with Crippen LogP contribution in [0.3, 0.4) is 0 Å². The number of nitrogens with zero attached hydrogens (tertiary/aromatic N) is 2. The fourth-order valence-electron chi connectivity index (χ4n) is 1.48. The van der Waals surface area contributed by atoms with Crippen molar-refractivity contribution >= 4 is 8.32 Å². The van der Waals surface area contributed by atoms with Gasteiger partial charge in [0.15, 0.2) is 8.32 Å². The van der Waals surface area contributed by atoms with Crippen molar-refractivity contribution in [3.8, 4) is 0 Å². The van der Waals surface area contributed by atoms with Gasteiger partial charge in [0.2, 0.25) is 0 Å². The summed E-state index contributed by atoms with van der Waals surface area (Å²) < 4.78 is 8.16. The Bertz CT molecular complexity index is 411. The van der Waals surface area contributed by atoms with Gasteiger partial charge >= 0.3 is 0 Å². The van der Waals surface area contributed by atoms with Gasteiger partial charge in [-0.05, 0) is 29.1 Å². The van der Waals surface area contributed by atoms with Crippen molar-refractivity contribution in [3.05, 3.63) is 18.0 Å². The summed E-state index contributed by atoms with van der Waals surface area (Å²) in [6, 6.07) is 0. The molecule has 19 heavy (non-hydrogen) atoms. The lowest BCUT2D eigenvalue weighted by atomic mass is 9.90. The second kappa shape index (κ2) is 5.41. The summed E-state index contributed by atoms with van der Waals surface area (Å²) in [7, 11) is -1.63. The highest BCUT2D eigenvalue weighted by Gasteiger charge is 2.36. The summed E-state index contributed by atoms with van der Waals surface area (Å²) in [4.78, 5) is 0. The molecule has 0 N–H and O–H groups in total. The molecule has 1 heterocycles. The molecule has 0 radical (unpaired) electrons. The molecule has 0 aliphatic rings. The third-order valence-electron chi connectivity index (χ3n) is 4.09. The Balaban J connectivity index is 2.53. The summed E-state index contributed by atoms with van der Waals surface area (Å²) in [5.74, 6) is 0. The largest absolute Gasteiger partial charge is 0.415 e. The normalized spacial score (nSPS) is 13.9. The molecule has 0 unspecified atom stereocenters. The van der Waals surface area contributed by atoms with Gasteiger partial charge in [-0.3, -0.25) is 4.68 Å². The van der Waals surface area contributed by atoms with Crippen LogP contribution in [-0.2, 0) is 16.4 Å². The Morgan fingerprint density at radius 1 is 1.16 bits per heavy atom. The molecule has 110 valence electrons. The van der Waals surface area contributed by atoms with Gasteiger partial charge in [-0.2, -0.15) is 5.10 Å². The predicted molar refractivity (Wildman–Crippen MR) is 84.1 cm³/mol. The lowest BCUT2D eigenvalue weighted by Gasteiger charge is -2.36. The minimum atomic E-state index is -1.63. The molecule has 4 heteroatoms. The lowest BCUT2D eigenvalue weighted by Crippen LogP contribution is -2.41. The SMILES string of the molecule is CC(C)(C)c1cnn(CCO[Si](C)(C)C(C)(C)C)c1. The molecule has 1 aromatic heterocycles. The van der Waals surface area contributed by atoms with Gasteiger partial charge in [-0.25, -0.2) is 0 Å². The first-order valence-corrected chi connectivity index (χ1v) is 10.0. The van der Waals surface area contributed by atoms with Crippen LogP contribution in [0.1, 0.15) is 47.1 Å². The van der Waals surface area contributed by atoms with E-state index >= 15 is 0 Å². The highest BCUT2D eigenvalue weighted by molar-refractivity contribution is 6.74. The maximum Gasteiger partial charge on any atom is 0.192 e. The predicted octanol–water partition coefficient (Wildman–Crippen LogP) is 4.20. The molecule has 0 saturated heterocycles. The molecule has 0 bridgehead atoms. The molecule has 3 nitrogen and oxygen atoms in total. The fourth-order valence-corrected chi connectivity index (χ4v) is 2.52. The number of rotatable bonds is 4. The smallest absolute Gasteiger partial charge is 0.192 e. The maximum atomic E-state index is 6.17. The van der Waals surface area contributed by atoms with Crippen molar-refractivity contribution in [2.24, 2.45) is 0 Å². The van der Waals surface area contributed by atoms with E-state index in [0.29, 0.717) is 0 Å². The molecule has 0 saturated carbocycles. The van der Waals surface area contributed by atoms with Gasteiger partial charge in [-0.15, -0.1) is 0 Å². The zero-order chi connectivity index (χ0) is 14.9. The van der Waals surface area contributed by atoms with Crippen LogP contribution < -0.4 is 0 Å². The number of hydrogen-bond acceptors (Lipinski definition) is 2. The first kappa shape index (κ1) is 16.4. The topological polar surface area (TPSA) is 27.1 Å². The van der Waals surface area contributed by atoms with E-state index in [2.05, 4.69) is 65.9 Å². The Kier molecular flexibility index (Phi) is 4.68. The van der Waals surface area contributed by atoms with Crippen LogP contribution in [0.15, 0.2) is 12.4 Å². The van der Waals surface area contributed by atoms with Crippen molar-refractivity contribution in [2.75, 3.05) is 6.61 Å². The van der Waals surface area contributed by atoms with Crippen LogP contribution in [0.5, 0.6) is 0 Å². The lowest BCUT2D eigenvalue weighted by molar-refractivity contribution is 0.266. The van der Waals surface area contributed by atoms with E-state index < -0.39 is 8.32 Å². The Hall–Kier alpha value is -0.613. The quantitative estimate of drug-likeness (QED) is 0.774. The monoisotopic (exact) mass is 282 g/mol. The zero-order valence-corrected chi connectivity index (χ0v) is 14.9. The Morgan fingerprint density at radius 3 is 2.16 bits per heavy atom. The molecule has 0 aliphatic carbocycles. The van der Waals surface area contributed by atoms with Crippen molar-refractivity contribution in [1.82, 2.24) is 9.78 Å². The van der Waals surface area contributed by atoms with Gasteiger partial charge in [0, 0.05) is 6.20 Å². The van der Waals surface area contributed by atoms with E-state index in [0.717, 1.165) is 13.2 Å². The molecular weight excluding hydrogens is 252 g/mol. The van der Waals surface area contributed by atoms with Crippen molar-refractivity contribution in [2.45, 2.75) is 71.6 Å². The van der Waals surface area contributed by atoms with Gasteiger partial charge in [-0.1, -0.05) is 41.5 Å². The highest BCUT2D eigenvalue weighted by Crippen LogP contribution is 2.36. The van der Waals surface area contributed by atoms with E-state index in [4.69, 9.17) is 4.43 Å². The molecule has 0 aliphatic heterocycles. The molecule has 1 aromatic rings. The summed E-state index contributed by atoms with van der Waals surface area (Å²) in [5, 5.41) is 4.69. The summed E-state index contributed by atoms with van der Waals surface area (Å²) in [5.41, 5.74) is 1.44. The second-order valence-electron chi connectivity index (χ2n) is 7.85. The first-order valence-electron chi connectivity index (χ1n) is 7.10. The third kappa shape index (κ3) is 4.46. The summed E-state index contributed by atoms with van der Waals surface area (Å²) >= 11 is 0. The molecular formula is C15H30N2OSi. The zero-order valence-electron chi connectivity index (χ0n) is 13.9. The van der Waals surface area contributed by atoms with Crippen molar-refractivity contribution < 1.29 is 4.43 Å². The minimum Gasteiger partial charge on any atom is -0.415 e. The van der Waals surface area contributed by atoms with Crippen molar-refractivity contribution in [1.29, 1.82) is 0 Å². The molecule has 0 atom stereocenters. The van der Waals surface area contributed by atoms with Crippen LogP contribution in [0.2, 0.25) is 18.1 Å². The van der Waals surface area contributed by atoms with E-state index in [1.165, 1.54) is 5.56 Å². The summed E-state index contributed by atoms with van der Waals surface area (Å²) in [6.45, 7) is 19.6. The van der Waals surface area contributed by atoms with E-state index in [9.17, 15) is 0 Å². The van der Waals surface area contributed by atoms with Gasteiger partial charge in [0.25, 0.3) is 0 Å². The van der Waals surface area contributed by atoms with Crippen LogP contribution >= 0.6 is 0 Å². The molecule has 0 amide bonds. The van der Waals surface area contributed by atoms with E-state index in [-0.39, 0.29) is 10.5 Å². The molecule has 0 aromatic carbocycles. The van der Waals surface area contributed by atoms with Crippen molar-refractivity contribution in [3.63, 3.8) is 0 Å². The highest BCUT2D eigenvalue weighted by atomic mass is 28.4. The van der Waals surface area contributed by atoms with E-state index in [1.807, 2.05) is 10.9 Å². The van der Waals surface area contributed by atoms with Crippen LogP contribution in [0, 0.1) is 0 Å². The minimum absolute atomic E-state index is 0.165. The standard InChI is InChI=1S/C15H30N2OSi/c1-14(2,3)13-11-16-17(12-13)9-10-18-19(7,8)15(4,5)6/h11-12H,9-10H2,1-8H3.